The van der Waals surface area contributed by atoms with Crippen LogP contribution < -0.4 is 11.1 Å². The van der Waals surface area contributed by atoms with Crippen LogP contribution in [0.3, 0.4) is 0 Å². The molecule has 7 nitrogen and oxygen atoms in total. The molecule has 0 bridgehead atoms. The minimum Gasteiger partial charge on any atom is -0.467 e. The molecule has 2 rings (SSSR count). The van der Waals surface area contributed by atoms with Crippen molar-refractivity contribution < 1.29 is 18.7 Å². The maximum absolute atomic E-state index is 12.3. The van der Waals surface area contributed by atoms with E-state index in [0.29, 0.717) is 5.75 Å². The van der Waals surface area contributed by atoms with Crippen LogP contribution in [0.15, 0.2) is 41.0 Å². The number of aromatic nitrogens is 1. The van der Waals surface area contributed by atoms with Crippen LogP contribution in [0.2, 0.25) is 0 Å². The highest BCUT2D eigenvalue weighted by atomic mass is 32.2. The van der Waals surface area contributed by atoms with Gasteiger partial charge < -0.3 is 20.2 Å². The zero-order valence-corrected chi connectivity index (χ0v) is 14.9. The standard InChI is InChI=1S/C17H21N3O4S/c1-11(18)16-20-13(8-24-16)15(21)19-14(17(22)23-2)10-25-9-12-6-4-3-5-7-12/h3-8,11,14H,9-10,18H2,1-2H3,(H,19,21). The van der Waals surface area contributed by atoms with Gasteiger partial charge in [0.2, 0.25) is 5.89 Å². The predicted molar refractivity (Wildman–Crippen MR) is 95.0 cm³/mol. The number of nitrogens with zero attached hydrogens (tertiary/aromatic N) is 1. The van der Waals surface area contributed by atoms with Crippen LogP contribution in [0.25, 0.3) is 0 Å². The number of hydrogen-bond acceptors (Lipinski definition) is 7. The largest absolute Gasteiger partial charge is 0.467 e. The lowest BCUT2D eigenvalue weighted by Crippen LogP contribution is -2.43. The number of oxazole rings is 1. The first-order valence-electron chi connectivity index (χ1n) is 7.72. The molecule has 0 saturated heterocycles. The van der Waals surface area contributed by atoms with Crippen LogP contribution in [0, 0.1) is 0 Å². The minimum absolute atomic E-state index is 0.0780. The number of carbonyl (C=O) groups is 2. The van der Waals surface area contributed by atoms with Gasteiger partial charge >= 0.3 is 5.97 Å². The molecule has 0 radical (unpaired) electrons. The van der Waals surface area contributed by atoms with Crippen LogP contribution in [-0.2, 0) is 15.3 Å². The molecule has 2 atom stereocenters. The molecule has 8 heteroatoms. The van der Waals surface area contributed by atoms with Gasteiger partial charge in [-0.25, -0.2) is 9.78 Å². The number of nitrogens with two attached hydrogens (primary N) is 1. The molecule has 0 fully saturated rings. The molecule has 1 aromatic carbocycles. The van der Waals surface area contributed by atoms with E-state index in [1.54, 1.807) is 6.92 Å². The van der Waals surface area contributed by atoms with Crippen molar-refractivity contribution in [3.05, 3.63) is 53.7 Å². The Morgan fingerprint density at radius 1 is 1.36 bits per heavy atom. The van der Waals surface area contributed by atoms with Gasteiger partial charge in [0.05, 0.1) is 13.2 Å². The molecule has 0 spiro atoms. The third-order valence-corrected chi connectivity index (χ3v) is 4.44. The second-order valence-electron chi connectivity index (χ2n) is 5.41. The highest BCUT2D eigenvalue weighted by Crippen LogP contribution is 2.14. The topological polar surface area (TPSA) is 107 Å². The van der Waals surface area contributed by atoms with Gasteiger partial charge in [-0.15, -0.1) is 0 Å². The molecule has 0 aliphatic heterocycles. The smallest absolute Gasteiger partial charge is 0.329 e. The third-order valence-electron chi connectivity index (χ3n) is 3.33. The summed E-state index contributed by atoms with van der Waals surface area (Å²) in [6, 6.07) is 8.67. The SMILES string of the molecule is COC(=O)C(CSCc1ccccc1)NC(=O)c1coc(C(C)N)n1. The Labute approximate surface area is 150 Å². The Hall–Kier alpha value is -2.32. The number of benzene rings is 1. The fourth-order valence-corrected chi connectivity index (χ4v) is 3.01. The molecule has 1 aromatic heterocycles. The summed E-state index contributed by atoms with van der Waals surface area (Å²) in [4.78, 5) is 28.2. The van der Waals surface area contributed by atoms with Crippen molar-refractivity contribution in [2.24, 2.45) is 5.73 Å². The Bertz CT molecular complexity index is 703. The van der Waals surface area contributed by atoms with Crippen molar-refractivity contribution in [2.45, 2.75) is 24.8 Å². The van der Waals surface area contributed by atoms with Gasteiger partial charge in [-0.2, -0.15) is 11.8 Å². The molecule has 1 amide bonds. The number of thioether (sulfide) groups is 1. The van der Waals surface area contributed by atoms with Crippen molar-refractivity contribution in [3.8, 4) is 0 Å². The zero-order valence-electron chi connectivity index (χ0n) is 14.1. The fourth-order valence-electron chi connectivity index (χ4n) is 2.01. The van der Waals surface area contributed by atoms with E-state index < -0.39 is 24.0 Å². The first-order valence-corrected chi connectivity index (χ1v) is 8.88. The van der Waals surface area contributed by atoms with E-state index in [4.69, 9.17) is 14.9 Å². The number of carbonyl (C=O) groups excluding carboxylic acids is 2. The Kier molecular flexibility index (Phi) is 7.03. The van der Waals surface area contributed by atoms with E-state index in [-0.39, 0.29) is 11.6 Å². The number of methoxy groups -OCH3 is 1. The lowest BCUT2D eigenvalue weighted by molar-refractivity contribution is -0.142. The van der Waals surface area contributed by atoms with Gasteiger partial charge in [-0.3, -0.25) is 4.79 Å². The number of nitrogens with one attached hydrogen (secondary N) is 1. The molecule has 3 N–H and O–H groups in total. The van der Waals surface area contributed by atoms with Gasteiger partial charge in [0, 0.05) is 11.5 Å². The van der Waals surface area contributed by atoms with Crippen molar-refractivity contribution >= 4 is 23.6 Å². The maximum Gasteiger partial charge on any atom is 0.329 e. The molecule has 0 aliphatic rings. The molecular weight excluding hydrogens is 342 g/mol. The minimum atomic E-state index is -0.776. The summed E-state index contributed by atoms with van der Waals surface area (Å²) in [5.41, 5.74) is 6.87. The number of amides is 1. The van der Waals surface area contributed by atoms with Gasteiger partial charge in [0.15, 0.2) is 5.69 Å². The second kappa shape index (κ2) is 9.24. The second-order valence-corrected chi connectivity index (χ2v) is 6.44. The predicted octanol–water partition coefficient (Wildman–Crippen LogP) is 1.90. The maximum atomic E-state index is 12.3. The first-order chi connectivity index (χ1) is 12.0. The summed E-state index contributed by atoms with van der Waals surface area (Å²) in [5, 5.41) is 2.62. The van der Waals surface area contributed by atoms with E-state index in [2.05, 4.69) is 10.3 Å². The van der Waals surface area contributed by atoms with Gasteiger partial charge in [-0.05, 0) is 12.5 Å². The molecule has 0 saturated carbocycles. The Morgan fingerprint density at radius 3 is 2.68 bits per heavy atom. The Balaban J connectivity index is 1.94. The summed E-state index contributed by atoms with van der Waals surface area (Å²) in [7, 11) is 1.29. The lowest BCUT2D eigenvalue weighted by atomic mass is 10.2. The molecular formula is C17H21N3O4S. The lowest BCUT2D eigenvalue weighted by Gasteiger charge is -2.15. The average Bonchev–Trinajstić information content (AvgIpc) is 3.11. The summed E-state index contributed by atoms with van der Waals surface area (Å²) < 4.78 is 9.90. The summed E-state index contributed by atoms with van der Waals surface area (Å²) in [6.07, 6.45) is 1.22. The van der Waals surface area contributed by atoms with E-state index in [9.17, 15) is 9.59 Å². The highest BCUT2D eigenvalue weighted by Gasteiger charge is 2.24. The molecule has 25 heavy (non-hydrogen) atoms. The van der Waals surface area contributed by atoms with Gasteiger partial charge in [0.1, 0.15) is 12.3 Å². The monoisotopic (exact) mass is 363 g/mol. The quantitative estimate of drug-likeness (QED) is 0.690. The van der Waals surface area contributed by atoms with E-state index in [1.165, 1.54) is 25.1 Å². The molecule has 134 valence electrons. The van der Waals surface area contributed by atoms with Crippen LogP contribution in [-0.4, -0.2) is 35.8 Å². The normalized spacial score (nSPS) is 13.1. The summed E-state index contributed by atoms with van der Waals surface area (Å²) >= 11 is 1.53. The third kappa shape index (κ3) is 5.61. The summed E-state index contributed by atoms with van der Waals surface area (Å²) in [6.45, 7) is 1.70. The van der Waals surface area contributed by atoms with E-state index in [1.807, 2.05) is 30.3 Å². The van der Waals surface area contributed by atoms with Crippen molar-refractivity contribution in [1.29, 1.82) is 0 Å². The number of hydrogen-bond donors (Lipinski definition) is 2. The van der Waals surface area contributed by atoms with E-state index >= 15 is 0 Å². The van der Waals surface area contributed by atoms with Crippen molar-refractivity contribution in [1.82, 2.24) is 10.3 Å². The summed E-state index contributed by atoms with van der Waals surface area (Å²) in [5.74, 6) is 0.350. The van der Waals surface area contributed by atoms with Crippen molar-refractivity contribution in [3.63, 3.8) is 0 Å². The number of esters is 1. The number of rotatable bonds is 8. The molecule has 0 aliphatic carbocycles. The molecule has 1 heterocycles. The van der Waals surface area contributed by atoms with Crippen LogP contribution >= 0.6 is 11.8 Å². The first kappa shape index (κ1) is 19.0. The fraction of sp³-hybridized carbons (Fsp3) is 0.353. The number of ether oxygens (including phenoxy) is 1. The van der Waals surface area contributed by atoms with Gasteiger partial charge in [-0.1, -0.05) is 30.3 Å². The van der Waals surface area contributed by atoms with Crippen molar-refractivity contribution in [2.75, 3.05) is 12.9 Å². The highest BCUT2D eigenvalue weighted by molar-refractivity contribution is 7.98. The van der Waals surface area contributed by atoms with Gasteiger partial charge in [0.25, 0.3) is 5.91 Å². The Morgan fingerprint density at radius 2 is 2.08 bits per heavy atom. The average molecular weight is 363 g/mol. The van der Waals surface area contributed by atoms with E-state index in [0.717, 1.165) is 11.3 Å². The van der Waals surface area contributed by atoms with Crippen LogP contribution in [0.1, 0.15) is 34.9 Å². The van der Waals surface area contributed by atoms with Crippen LogP contribution in [0.5, 0.6) is 0 Å². The van der Waals surface area contributed by atoms with Crippen LogP contribution in [0.4, 0.5) is 0 Å². The zero-order chi connectivity index (χ0) is 18.2. The molecule has 2 unspecified atom stereocenters. The molecule has 2 aromatic rings.